The lowest BCUT2D eigenvalue weighted by atomic mass is 9.77. The van der Waals surface area contributed by atoms with Crippen molar-refractivity contribution in [3.8, 4) is 12.1 Å². The molecule has 10 heteroatoms. The van der Waals surface area contributed by atoms with Crippen molar-refractivity contribution in [2.24, 2.45) is 5.92 Å². The summed E-state index contributed by atoms with van der Waals surface area (Å²) >= 11 is 0. The number of benzene rings is 2. The molecule has 3 N–H and O–H groups in total. The van der Waals surface area contributed by atoms with Crippen LogP contribution in [0.15, 0.2) is 46.9 Å². The number of rotatable bonds is 7. The van der Waals surface area contributed by atoms with Crippen molar-refractivity contribution < 1.29 is 19.1 Å². The van der Waals surface area contributed by atoms with Crippen LogP contribution in [0.25, 0.3) is 0 Å². The molecule has 1 aliphatic rings. The molecular formula is C25H22N6O4. The number of anilines is 3. The van der Waals surface area contributed by atoms with Crippen molar-refractivity contribution >= 4 is 29.3 Å². The molecule has 0 spiro atoms. The average Bonchev–Trinajstić information content (AvgIpc) is 3.33. The van der Waals surface area contributed by atoms with Crippen LogP contribution < -0.4 is 10.6 Å². The SMILES string of the molecule is N#Cc1ccc(Nc2nnc(C(=O)Nc3ccc([C@H]4CC[C@H](CC(=O)O)CC4)cc3)o2)cc1C#N. The minimum absolute atomic E-state index is 0.0300. The quantitative estimate of drug-likeness (QED) is 0.449. The molecular weight excluding hydrogens is 448 g/mol. The Morgan fingerprint density at radius 3 is 2.31 bits per heavy atom. The van der Waals surface area contributed by atoms with Crippen LogP contribution in [0.1, 0.15) is 65.4 Å². The van der Waals surface area contributed by atoms with Crippen LogP contribution in [-0.2, 0) is 4.79 Å². The van der Waals surface area contributed by atoms with Gasteiger partial charge in [-0.15, -0.1) is 5.10 Å². The van der Waals surface area contributed by atoms with Crippen LogP contribution in [0.4, 0.5) is 17.4 Å². The molecule has 1 amide bonds. The van der Waals surface area contributed by atoms with Crippen molar-refractivity contribution in [2.75, 3.05) is 10.6 Å². The number of hydrogen-bond donors (Lipinski definition) is 3. The monoisotopic (exact) mass is 470 g/mol. The van der Waals surface area contributed by atoms with E-state index in [4.69, 9.17) is 20.0 Å². The number of nitrogens with zero attached hydrogens (tertiary/aromatic N) is 4. The van der Waals surface area contributed by atoms with Gasteiger partial charge in [-0.05, 0) is 73.4 Å². The van der Waals surface area contributed by atoms with Crippen LogP contribution in [0.2, 0.25) is 0 Å². The van der Waals surface area contributed by atoms with E-state index in [0.717, 1.165) is 25.7 Å². The van der Waals surface area contributed by atoms with Gasteiger partial charge in [-0.3, -0.25) is 9.59 Å². The maximum atomic E-state index is 12.5. The number of nitriles is 2. The highest BCUT2D eigenvalue weighted by molar-refractivity contribution is 6.00. The lowest BCUT2D eigenvalue weighted by Gasteiger charge is -2.28. The van der Waals surface area contributed by atoms with Gasteiger partial charge in [0.2, 0.25) is 0 Å². The first-order valence-electron chi connectivity index (χ1n) is 11.1. The molecule has 1 aliphatic carbocycles. The molecule has 0 unspecified atom stereocenters. The zero-order valence-corrected chi connectivity index (χ0v) is 18.7. The van der Waals surface area contributed by atoms with Crippen molar-refractivity contribution in [3.63, 3.8) is 0 Å². The fourth-order valence-electron chi connectivity index (χ4n) is 4.27. The van der Waals surface area contributed by atoms with Crippen LogP contribution in [0, 0.1) is 28.6 Å². The molecule has 0 atom stereocenters. The highest BCUT2D eigenvalue weighted by atomic mass is 16.4. The highest BCUT2D eigenvalue weighted by Gasteiger charge is 2.24. The molecule has 0 radical (unpaired) electrons. The molecule has 4 rings (SSSR count). The molecule has 0 saturated heterocycles. The van der Waals surface area contributed by atoms with Crippen molar-refractivity contribution in [1.82, 2.24) is 10.2 Å². The van der Waals surface area contributed by atoms with E-state index in [-0.39, 0.29) is 35.4 Å². The maximum Gasteiger partial charge on any atom is 0.320 e. The van der Waals surface area contributed by atoms with Gasteiger partial charge in [0.25, 0.3) is 0 Å². The van der Waals surface area contributed by atoms with Crippen LogP contribution in [0.5, 0.6) is 0 Å². The predicted octanol–water partition coefficient (Wildman–Crippen LogP) is 4.56. The summed E-state index contributed by atoms with van der Waals surface area (Å²) in [6.07, 6.45) is 3.96. The third-order valence-electron chi connectivity index (χ3n) is 6.08. The topological polar surface area (TPSA) is 165 Å². The Labute approximate surface area is 201 Å². The number of carboxylic acids is 1. The Kier molecular flexibility index (Phi) is 7.03. The van der Waals surface area contributed by atoms with Gasteiger partial charge >= 0.3 is 23.8 Å². The molecule has 10 nitrogen and oxygen atoms in total. The summed E-state index contributed by atoms with van der Waals surface area (Å²) in [6.45, 7) is 0. The summed E-state index contributed by atoms with van der Waals surface area (Å²) < 4.78 is 5.37. The summed E-state index contributed by atoms with van der Waals surface area (Å²) in [7, 11) is 0. The number of amides is 1. The molecule has 1 aromatic heterocycles. The fraction of sp³-hybridized carbons (Fsp3) is 0.280. The Morgan fingerprint density at radius 1 is 0.971 bits per heavy atom. The number of carbonyl (C=O) groups excluding carboxylic acids is 1. The van der Waals surface area contributed by atoms with E-state index >= 15 is 0 Å². The van der Waals surface area contributed by atoms with E-state index in [9.17, 15) is 9.59 Å². The Hall–Kier alpha value is -4.70. The van der Waals surface area contributed by atoms with E-state index in [1.165, 1.54) is 17.7 Å². The number of nitrogens with one attached hydrogen (secondary N) is 2. The van der Waals surface area contributed by atoms with Gasteiger partial charge in [-0.25, -0.2) is 0 Å². The van der Waals surface area contributed by atoms with Gasteiger partial charge in [0, 0.05) is 17.8 Å². The largest absolute Gasteiger partial charge is 0.481 e. The van der Waals surface area contributed by atoms with E-state index in [1.807, 2.05) is 36.4 Å². The number of aromatic nitrogens is 2. The first-order chi connectivity index (χ1) is 16.9. The Bertz CT molecular complexity index is 1310. The zero-order chi connectivity index (χ0) is 24.8. The third-order valence-corrected chi connectivity index (χ3v) is 6.08. The predicted molar refractivity (Wildman–Crippen MR) is 125 cm³/mol. The third kappa shape index (κ3) is 5.81. The average molecular weight is 470 g/mol. The highest BCUT2D eigenvalue weighted by Crippen LogP contribution is 2.37. The second-order valence-electron chi connectivity index (χ2n) is 8.41. The van der Waals surface area contributed by atoms with Crippen molar-refractivity contribution in [2.45, 2.75) is 38.0 Å². The second-order valence-corrected chi connectivity index (χ2v) is 8.41. The molecule has 2 aromatic carbocycles. The standard InChI is InChI=1S/C25H22N6O4/c26-13-18-7-10-21(12-19(18)14-27)29-25-31-30-24(35-25)23(34)28-20-8-5-17(6-9-20)16-3-1-15(2-4-16)11-22(32)33/h5-10,12,15-16H,1-4,11H2,(H,28,34)(H,29,31)(H,32,33)/t15-,16-. The van der Waals surface area contributed by atoms with Crippen molar-refractivity contribution in [3.05, 3.63) is 65.0 Å². The second kappa shape index (κ2) is 10.5. The fourth-order valence-corrected chi connectivity index (χ4v) is 4.27. The number of hydrogen-bond acceptors (Lipinski definition) is 8. The van der Waals surface area contributed by atoms with Gasteiger partial charge in [0.15, 0.2) is 0 Å². The molecule has 176 valence electrons. The normalized spacial score (nSPS) is 17.1. The molecule has 0 aliphatic heterocycles. The number of aliphatic carboxylic acids is 1. The minimum atomic E-state index is -0.736. The first kappa shape index (κ1) is 23.5. The lowest BCUT2D eigenvalue weighted by molar-refractivity contribution is -0.138. The van der Waals surface area contributed by atoms with Crippen LogP contribution in [-0.4, -0.2) is 27.2 Å². The van der Waals surface area contributed by atoms with Gasteiger partial charge in [-0.1, -0.05) is 17.2 Å². The van der Waals surface area contributed by atoms with Gasteiger partial charge in [-0.2, -0.15) is 10.5 Å². The number of carboxylic acid groups (broad SMARTS) is 1. The molecule has 0 bridgehead atoms. The molecule has 1 fully saturated rings. The lowest BCUT2D eigenvalue weighted by Crippen LogP contribution is -2.16. The summed E-state index contributed by atoms with van der Waals surface area (Å²) in [5.41, 5.74) is 2.66. The van der Waals surface area contributed by atoms with E-state index in [0.29, 0.717) is 17.3 Å². The van der Waals surface area contributed by atoms with Gasteiger partial charge in [0.1, 0.15) is 12.1 Å². The molecule has 35 heavy (non-hydrogen) atoms. The van der Waals surface area contributed by atoms with Crippen LogP contribution in [0.3, 0.4) is 0 Å². The Morgan fingerprint density at radius 2 is 1.66 bits per heavy atom. The summed E-state index contributed by atoms with van der Waals surface area (Å²) in [5, 5.41) is 40.2. The molecule has 1 saturated carbocycles. The smallest absolute Gasteiger partial charge is 0.320 e. The van der Waals surface area contributed by atoms with E-state index in [1.54, 1.807) is 6.07 Å². The Balaban J connectivity index is 1.33. The first-order valence-corrected chi connectivity index (χ1v) is 11.1. The molecule has 3 aromatic rings. The van der Waals surface area contributed by atoms with Crippen molar-refractivity contribution in [1.29, 1.82) is 10.5 Å². The van der Waals surface area contributed by atoms with Gasteiger partial charge in [0.05, 0.1) is 11.1 Å². The van der Waals surface area contributed by atoms with Crippen LogP contribution >= 0.6 is 0 Å². The minimum Gasteiger partial charge on any atom is -0.481 e. The summed E-state index contributed by atoms with van der Waals surface area (Å²) in [6, 6.07) is 16.0. The zero-order valence-electron chi connectivity index (χ0n) is 18.7. The summed E-state index contributed by atoms with van der Waals surface area (Å²) in [5.74, 6) is -0.896. The summed E-state index contributed by atoms with van der Waals surface area (Å²) in [4.78, 5) is 23.4. The maximum absolute atomic E-state index is 12.5. The number of carbonyl (C=O) groups is 2. The van der Waals surface area contributed by atoms with E-state index < -0.39 is 11.9 Å². The van der Waals surface area contributed by atoms with Gasteiger partial charge < -0.3 is 20.2 Å². The van der Waals surface area contributed by atoms with E-state index in [2.05, 4.69) is 20.8 Å². The molecule has 1 heterocycles.